The third-order valence-electron chi connectivity index (χ3n) is 4.40. The molecule has 0 bridgehead atoms. The molecule has 3 aromatic rings. The molecule has 28 heavy (non-hydrogen) atoms. The largest absolute Gasteiger partial charge is 0.450 e. The number of hydrogen-bond acceptors (Lipinski definition) is 5. The highest BCUT2D eigenvalue weighted by atomic mass is 19.1. The molecule has 0 radical (unpaired) electrons. The fourth-order valence-corrected chi connectivity index (χ4v) is 3.20. The van der Waals surface area contributed by atoms with E-state index >= 15 is 0 Å². The van der Waals surface area contributed by atoms with Crippen molar-refractivity contribution in [3.63, 3.8) is 0 Å². The van der Waals surface area contributed by atoms with Crippen molar-refractivity contribution in [3.05, 3.63) is 77.1 Å². The van der Waals surface area contributed by atoms with Gasteiger partial charge >= 0.3 is 6.09 Å². The molecule has 1 aromatic heterocycles. The van der Waals surface area contributed by atoms with Crippen LogP contribution in [-0.4, -0.2) is 33.2 Å². The lowest BCUT2D eigenvalue weighted by Gasteiger charge is -2.14. The highest BCUT2D eigenvalue weighted by molar-refractivity contribution is 6.15. The van der Waals surface area contributed by atoms with E-state index in [0.717, 1.165) is 16.8 Å². The number of carbonyl (C=O) groups is 1. The highest BCUT2D eigenvalue weighted by Crippen LogP contribution is 2.29. The number of amides is 1. The van der Waals surface area contributed by atoms with Crippen molar-refractivity contribution >= 4 is 11.8 Å². The van der Waals surface area contributed by atoms with Crippen molar-refractivity contribution < 1.29 is 13.9 Å². The van der Waals surface area contributed by atoms with Crippen LogP contribution in [-0.2, 0) is 4.74 Å². The molecular formula is C20H18FN5O2. The maximum atomic E-state index is 13.4. The van der Waals surface area contributed by atoms with Crippen LogP contribution in [0.5, 0.6) is 0 Å². The molecule has 0 saturated carbocycles. The first-order chi connectivity index (χ1) is 13.6. The van der Waals surface area contributed by atoms with Crippen LogP contribution in [0.25, 0.3) is 5.69 Å². The van der Waals surface area contributed by atoms with Crippen LogP contribution in [0.15, 0.2) is 53.5 Å². The van der Waals surface area contributed by atoms with Crippen LogP contribution < -0.4 is 5.32 Å². The second-order valence-electron chi connectivity index (χ2n) is 6.21. The molecule has 4 rings (SSSR count). The molecule has 2 heterocycles. The molecule has 0 spiro atoms. The number of aryl methyl sites for hydroxylation is 1. The zero-order valence-corrected chi connectivity index (χ0v) is 15.4. The summed E-state index contributed by atoms with van der Waals surface area (Å²) >= 11 is 0. The van der Waals surface area contributed by atoms with Crippen molar-refractivity contribution in [2.24, 2.45) is 4.99 Å². The molecule has 0 saturated heterocycles. The van der Waals surface area contributed by atoms with E-state index in [9.17, 15) is 9.18 Å². The first kappa shape index (κ1) is 17.8. The SMILES string of the molecule is CCOC(=O)NC1N=C(c2ccc(F)cc2)c2ccccc2-n2c(C)nnc21. The Labute approximate surface area is 160 Å². The van der Waals surface area contributed by atoms with E-state index in [1.165, 1.54) is 12.1 Å². The molecule has 1 aliphatic heterocycles. The van der Waals surface area contributed by atoms with Crippen LogP contribution >= 0.6 is 0 Å². The van der Waals surface area contributed by atoms with Gasteiger partial charge in [0.15, 0.2) is 12.0 Å². The molecule has 142 valence electrons. The van der Waals surface area contributed by atoms with Gasteiger partial charge in [-0.15, -0.1) is 10.2 Å². The summed E-state index contributed by atoms with van der Waals surface area (Å²) in [5.74, 6) is 0.796. The summed E-state index contributed by atoms with van der Waals surface area (Å²) in [6, 6.07) is 13.7. The maximum absolute atomic E-state index is 13.4. The Bertz CT molecular complexity index is 1060. The maximum Gasteiger partial charge on any atom is 0.409 e. The minimum atomic E-state index is -0.812. The number of aliphatic imine (C=N–C) groups is 1. The average Bonchev–Trinajstić information content (AvgIpc) is 3.01. The summed E-state index contributed by atoms with van der Waals surface area (Å²) in [6.45, 7) is 3.79. The fourth-order valence-electron chi connectivity index (χ4n) is 3.20. The Balaban J connectivity index is 1.92. The summed E-state index contributed by atoms with van der Waals surface area (Å²) in [5, 5.41) is 11.1. The van der Waals surface area contributed by atoms with Crippen molar-refractivity contribution in [3.8, 4) is 5.69 Å². The first-order valence-corrected chi connectivity index (χ1v) is 8.87. The minimum Gasteiger partial charge on any atom is -0.450 e. The first-order valence-electron chi connectivity index (χ1n) is 8.87. The number of nitrogens with zero attached hydrogens (tertiary/aromatic N) is 4. The van der Waals surface area contributed by atoms with E-state index in [-0.39, 0.29) is 12.4 Å². The second-order valence-corrected chi connectivity index (χ2v) is 6.21. The Morgan fingerprint density at radius 3 is 2.68 bits per heavy atom. The smallest absolute Gasteiger partial charge is 0.409 e. The van der Waals surface area contributed by atoms with E-state index in [4.69, 9.17) is 9.73 Å². The van der Waals surface area contributed by atoms with Crippen molar-refractivity contribution in [2.75, 3.05) is 6.61 Å². The van der Waals surface area contributed by atoms with Gasteiger partial charge < -0.3 is 4.74 Å². The predicted molar refractivity (Wildman–Crippen MR) is 101 cm³/mol. The Morgan fingerprint density at radius 2 is 1.93 bits per heavy atom. The normalized spacial score (nSPS) is 15.1. The number of para-hydroxylation sites is 1. The van der Waals surface area contributed by atoms with Crippen LogP contribution in [0.4, 0.5) is 9.18 Å². The van der Waals surface area contributed by atoms with Gasteiger partial charge in [0.05, 0.1) is 18.0 Å². The number of aromatic nitrogens is 3. The summed E-state index contributed by atoms with van der Waals surface area (Å²) in [7, 11) is 0. The third kappa shape index (κ3) is 3.13. The van der Waals surface area contributed by atoms with Gasteiger partial charge in [-0.25, -0.2) is 9.18 Å². The molecule has 2 aromatic carbocycles. The zero-order chi connectivity index (χ0) is 19.7. The average molecular weight is 379 g/mol. The van der Waals surface area contributed by atoms with Crippen molar-refractivity contribution in [1.82, 2.24) is 20.1 Å². The Morgan fingerprint density at radius 1 is 1.18 bits per heavy atom. The van der Waals surface area contributed by atoms with E-state index < -0.39 is 12.3 Å². The lowest BCUT2D eigenvalue weighted by molar-refractivity contribution is 0.148. The number of nitrogens with one attached hydrogen (secondary N) is 1. The number of benzene rings is 2. The predicted octanol–water partition coefficient (Wildman–Crippen LogP) is 3.31. The number of ether oxygens (including phenoxy) is 1. The topological polar surface area (TPSA) is 81.4 Å². The second kappa shape index (κ2) is 7.22. The van der Waals surface area contributed by atoms with E-state index in [1.807, 2.05) is 35.8 Å². The molecule has 8 heteroatoms. The van der Waals surface area contributed by atoms with Crippen LogP contribution in [0.1, 0.15) is 35.9 Å². The molecule has 1 unspecified atom stereocenters. The lowest BCUT2D eigenvalue weighted by atomic mass is 10.0. The molecule has 7 nitrogen and oxygen atoms in total. The van der Waals surface area contributed by atoms with Crippen LogP contribution in [0, 0.1) is 12.7 Å². The van der Waals surface area contributed by atoms with E-state index in [2.05, 4.69) is 15.5 Å². The lowest BCUT2D eigenvalue weighted by Crippen LogP contribution is -2.30. The molecule has 1 atom stereocenters. The molecule has 0 aliphatic carbocycles. The number of rotatable bonds is 3. The molecular weight excluding hydrogens is 361 g/mol. The third-order valence-corrected chi connectivity index (χ3v) is 4.40. The van der Waals surface area contributed by atoms with Crippen molar-refractivity contribution in [1.29, 1.82) is 0 Å². The van der Waals surface area contributed by atoms with Gasteiger partial charge in [-0.1, -0.05) is 18.2 Å². The van der Waals surface area contributed by atoms with Crippen molar-refractivity contribution in [2.45, 2.75) is 20.0 Å². The summed E-state index contributed by atoms with van der Waals surface area (Å²) in [5.41, 5.74) is 2.99. The van der Waals surface area contributed by atoms with Gasteiger partial charge in [-0.3, -0.25) is 14.9 Å². The fraction of sp³-hybridized carbons (Fsp3) is 0.200. The molecule has 1 N–H and O–H groups in total. The van der Waals surface area contributed by atoms with Gasteiger partial charge in [0.1, 0.15) is 11.6 Å². The summed E-state index contributed by atoms with van der Waals surface area (Å²) < 4.78 is 20.3. The zero-order valence-electron chi connectivity index (χ0n) is 15.4. The molecule has 1 amide bonds. The number of carbonyl (C=O) groups excluding carboxylic acids is 1. The number of alkyl carbamates (subject to hydrolysis) is 1. The van der Waals surface area contributed by atoms with E-state index in [1.54, 1.807) is 19.1 Å². The summed E-state index contributed by atoms with van der Waals surface area (Å²) in [6.07, 6.45) is -1.42. The van der Waals surface area contributed by atoms with Gasteiger partial charge in [-0.05, 0) is 44.2 Å². The highest BCUT2D eigenvalue weighted by Gasteiger charge is 2.29. The van der Waals surface area contributed by atoms with Gasteiger partial charge in [0.2, 0.25) is 0 Å². The van der Waals surface area contributed by atoms with Gasteiger partial charge in [0.25, 0.3) is 0 Å². The minimum absolute atomic E-state index is 0.235. The standard InChI is InChI=1S/C20H18FN5O2/c1-3-28-20(27)23-18-19-25-24-12(2)26(19)16-7-5-4-6-15(16)17(22-18)13-8-10-14(21)11-9-13/h4-11,18H,3H2,1-2H3,(H,23,27). The number of fused-ring (bicyclic) bond motifs is 3. The van der Waals surface area contributed by atoms with E-state index in [0.29, 0.717) is 17.4 Å². The number of hydrogen-bond donors (Lipinski definition) is 1. The van der Waals surface area contributed by atoms with Crippen LogP contribution in [0.3, 0.4) is 0 Å². The molecule has 0 fully saturated rings. The van der Waals surface area contributed by atoms with Gasteiger partial charge in [0, 0.05) is 11.1 Å². The monoisotopic (exact) mass is 379 g/mol. The summed E-state index contributed by atoms with van der Waals surface area (Å²) in [4.78, 5) is 16.8. The number of halogens is 1. The van der Waals surface area contributed by atoms with Gasteiger partial charge in [-0.2, -0.15) is 0 Å². The Kier molecular flexibility index (Phi) is 4.60. The van der Waals surface area contributed by atoms with Crippen LogP contribution in [0.2, 0.25) is 0 Å². The molecule has 1 aliphatic rings. The quantitative estimate of drug-likeness (QED) is 0.757. The Hall–Kier alpha value is -3.55.